The van der Waals surface area contributed by atoms with Gasteiger partial charge in [0.2, 0.25) is 17.7 Å². The van der Waals surface area contributed by atoms with Crippen LogP contribution in [-0.2, 0) is 32.0 Å². The van der Waals surface area contributed by atoms with Gasteiger partial charge in [0.1, 0.15) is 17.7 Å². The molecule has 11 heteroatoms. The van der Waals surface area contributed by atoms with E-state index in [1.165, 1.54) is 27.2 Å². The molecule has 0 saturated carbocycles. The van der Waals surface area contributed by atoms with E-state index in [-0.39, 0.29) is 19.4 Å². The van der Waals surface area contributed by atoms with Gasteiger partial charge >= 0.3 is 6.09 Å². The number of amides is 4. The van der Waals surface area contributed by atoms with E-state index in [1.54, 1.807) is 47.9 Å². The van der Waals surface area contributed by atoms with Crippen molar-refractivity contribution in [2.24, 2.45) is 0 Å². The molecule has 10 nitrogen and oxygen atoms in total. The maximum absolute atomic E-state index is 14.4. The molecule has 3 rings (SSSR count). The molecule has 48 heavy (non-hydrogen) atoms. The van der Waals surface area contributed by atoms with Crippen LogP contribution in [0, 0.1) is 0 Å². The second-order valence-electron chi connectivity index (χ2n) is 13.8. The summed E-state index contributed by atoms with van der Waals surface area (Å²) in [5.41, 5.74) is -0.484. The van der Waals surface area contributed by atoms with E-state index in [0.29, 0.717) is 6.42 Å². The fraction of sp³-hybridized carbons (Fsp3) is 0.459. The number of rotatable bonds is 14. The van der Waals surface area contributed by atoms with Gasteiger partial charge in [-0.3, -0.25) is 14.4 Å². The number of alkyl carbamates (subject to hydrolysis) is 1. The third-order valence-corrected chi connectivity index (χ3v) is 8.63. The fourth-order valence-electron chi connectivity index (χ4n) is 5.11. The molecule has 260 valence electrons. The lowest BCUT2D eigenvalue weighted by Crippen LogP contribution is -2.56. The van der Waals surface area contributed by atoms with Crippen molar-refractivity contribution in [1.29, 1.82) is 0 Å². The first-order chi connectivity index (χ1) is 22.5. The van der Waals surface area contributed by atoms with Crippen LogP contribution in [-0.4, -0.2) is 88.7 Å². The molecule has 1 heterocycles. The minimum Gasteiger partial charge on any atom is -0.444 e. The molecule has 3 aromatic rings. The number of thiophene rings is 1. The van der Waals surface area contributed by atoms with E-state index in [9.17, 15) is 24.3 Å². The first-order valence-electron chi connectivity index (χ1n) is 16.1. The highest BCUT2D eigenvalue weighted by atomic mass is 32.1. The standard InChI is InChI=1S/C37H50N4O6S/c1-25(42)24-38-33(44)30(23-29-15-12-20-48-29)41(8)34(45)31(22-26-17-18-27-13-9-10-14-28(27)21-26)40(7)32(43)16-11-19-37(5,6)39-35(46)47-36(2,3)4/h9-18,20-21,25,30-31,42H,19,22-24H2,1-8H3,(H,38,44)(H,39,46)/b16-11+/t25-,30+,31+/m0/s1. The number of fused-ring (bicyclic) bond motifs is 1. The van der Waals surface area contributed by atoms with E-state index in [4.69, 9.17) is 4.74 Å². The Bertz CT molecular complexity index is 1580. The highest BCUT2D eigenvalue weighted by Gasteiger charge is 2.35. The number of aliphatic hydroxyl groups is 1. The van der Waals surface area contributed by atoms with E-state index >= 15 is 0 Å². The number of likely N-dealkylation sites (N-methyl/N-ethyl adjacent to an activating group) is 2. The minimum atomic E-state index is -0.934. The number of benzene rings is 2. The molecule has 0 aliphatic carbocycles. The Balaban J connectivity index is 1.88. The number of aliphatic hydroxyl groups excluding tert-OH is 1. The lowest BCUT2D eigenvalue weighted by molar-refractivity contribution is -0.146. The molecule has 0 aliphatic heterocycles. The van der Waals surface area contributed by atoms with Gasteiger partial charge in [0.05, 0.1) is 6.10 Å². The Morgan fingerprint density at radius 1 is 0.917 bits per heavy atom. The molecule has 4 amide bonds. The van der Waals surface area contributed by atoms with E-state index in [1.807, 2.05) is 73.8 Å². The highest BCUT2D eigenvalue weighted by Crippen LogP contribution is 2.21. The predicted octanol–water partition coefficient (Wildman–Crippen LogP) is 5.09. The fourth-order valence-corrected chi connectivity index (χ4v) is 5.86. The summed E-state index contributed by atoms with van der Waals surface area (Å²) in [6.07, 6.45) is 2.60. The van der Waals surface area contributed by atoms with Gasteiger partial charge in [0, 0.05) is 43.9 Å². The number of nitrogens with one attached hydrogen (secondary N) is 2. The Kier molecular flexibility index (Phi) is 13.3. The van der Waals surface area contributed by atoms with Gasteiger partial charge in [-0.1, -0.05) is 54.6 Å². The molecule has 3 atom stereocenters. The number of ether oxygens (including phenoxy) is 1. The number of nitrogens with zero attached hydrogens (tertiary/aromatic N) is 2. The molecule has 0 aliphatic rings. The zero-order chi connectivity index (χ0) is 35.6. The van der Waals surface area contributed by atoms with Gasteiger partial charge in [-0.05, 0) is 81.8 Å². The van der Waals surface area contributed by atoms with Crippen LogP contribution in [0.3, 0.4) is 0 Å². The van der Waals surface area contributed by atoms with Crippen LogP contribution in [0.1, 0.15) is 58.4 Å². The van der Waals surface area contributed by atoms with Crippen molar-refractivity contribution < 1.29 is 29.0 Å². The Morgan fingerprint density at radius 2 is 1.60 bits per heavy atom. The first-order valence-corrected chi connectivity index (χ1v) is 17.0. The Hall–Kier alpha value is -4.22. The SMILES string of the molecule is C[C@H](O)CNC(=O)[C@@H](Cc1cccs1)N(C)C(=O)[C@@H](Cc1ccc2ccccc2c1)N(C)C(=O)/C=C/CC(C)(C)NC(=O)OC(C)(C)C. The molecular formula is C37H50N4O6S. The van der Waals surface area contributed by atoms with E-state index in [2.05, 4.69) is 10.6 Å². The van der Waals surface area contributed by atoms with Crippen molar-refractivity contribution in [3.8, 4) is 0 Å². The van der Waals surface area contributed by atoms with Gasteiger partial charge in [0.25, 0.3) is 0 Å². The average molecular weight is 679 g/mol. The number of carbonyl (C=O) groups excluding carboxylic acids is 4. The van der Waals surface area contributed by atoms with Crippen molar-refractivity contribution in [2.75, 3.05) is 20.6 Å². The average Bonchev–Trinajstić information content (AvgIpc) is 3.52. The maximum Gasteiger partial charge on any atom is 0.408 e. The monoisotopic (exact) mass is 678 g/mol. The molecule has 0 saturated heterocycles. The van der Waals surface area contributed by atoms with Gasteiger partial charge in [-0.2, -0.15) is 0 Å². The van der Waals surface area contributed by atoms with Crippen molar-refractivity contribution in [3.05, 3.63) is 82.6 Å². The summed E-state index contributed by atoms with van der Waals surface area (Å²) in [4.78, 5) is 57.4. The Morgan fingerprint density at radius 3 is 2.23 bits per heavy atom. The summed E-state index contributed by atoms with van der Waals surface area (Å²) in [5, 5.41) is 19.3. The summed E-state index contributed by atoms with van der Waals surface area (Å²) in [6, 6.07) is 15.8. The second kappa shape index (κ2) is 16.7. The number of hydrogen-bond acceptors (Lipinski definition) is 7. The second-order valence-corrected chi connectivity index (χ2v) is 14.8. The highest BCUT2D eigenvalue weighted by molar-refractivity contribution is 7.09. The van der Waals surface area contributed by atoms with Crippen molar-refractivity contribution in [2.45, 2.75) is 90.1 Å². The summed E-state index contributed by atoms with van der Waals surface area (Å²) >= 11 is 1.49. The maximum atomic E-state index is 14.4. The van der Waals surface area contributed by atoms with E-state index in [0.717, 1.165) is 21.2 Å². The van der Waals surface area contributed by atoms with Crippen molar-refractivity contribution >= 4 is 45.9 Å². The lowest BCUT2D eigenvalue weighted by atomic mass is 9.98. The largest absolute Gasteiger partial charge is 0.444 e. The van der Waals surface area contributed by atoms with Crippen LogP contribution in [0.4, 0.5) is 4.79 Å². The Labute approximate surface area is 288 Å². The van der Waals surface area contributed by atoms with Gasteiger partial charge in [-0.25, -0.2) is 4.79 Å². The molecule has 1 aromatic heterocycles. The summed E-state index contributed by atoms with van der Waals surface area (Å²) < 4.78 is 5.37. The molecule has 0 spiro atoms. The summed E-state index contributed by atoms with van der Waals surface area (Å²) in [6.45, 7) is 10.6. The molecule has 0 radical (unpaired) electrons. The molecular weight excluding hydrogens is 628 g/mol. The lowest BCUT2D eigenvalue weighted by Gasteiger charge is -2.34. The van der Waals surface area contributed by atoms with Crippen molar-refractivity contribution in [1.82, 2.24) is 20.4 Å². The van der Waals surface area contributed by atoms with Crippen LogP contribution < -0.4 is 10.6 Å². The zero-order valence-corrected chi connectivity index (χ0v) is 30.1. The number of carbonyl (C=O) groups is 4. The van der Waals surface area contributed by atoms with Crippen LogP contribution in [0.15, 0.2) is 72.1 Å². The van der Waals surface area contributed by atoms with E-state index < -0.39 is 53.1 Å². The van der Waals surface area contributed by atoms with Crippen LogP contribution in [0.5, 0.6) is 0 Å². The molecule has 0 unspecified atom stereocenters. The molecule has 0 fully saturated rings. The molecule has 2 aromatic carbocycles. The number of hydrogen-bond donors (Lipinski definition) is 3. The molecule has 0 bridgehead atoms. The quantitative estimate of drug-likeness (QED) is 0.204. The van der Waals surface area contributed by atoms with Gasteiger partial charge in [-0.15, -0.1) is 11.3 Å². The van der Waals surface area contributed by atoms with Gasteiger partial charge in [0.15, 0.2) is 0 Å². The zero-order valence-electron chi connectivity index (χ0n) is 29.3. The summed E-state index contributed by atoms with van der Waals surface area (Å²) in [7, 11) is 3.16. The predicted molar refractivity (Wildman–Crippen MR) is 191 cm³/mol. The molecule has 3 N–H and O–H groups in total. The normalized spacial score (nSPS) is 13.9. The smallest absolute Gasteiger partial charge is 0.408 e. The van der Waals surface area contributed by atoms with Gasteiger partial charge < -0.3 is 30.3 Å². The third kappa shape index (κ3) is 11.8. The van der Waals surface area contributed by atoms with Crippen LogP contribution >= 0.6 is 11.3 Å². The van der Waals surface area contributed by atoms with Crippen LogP contribution in [0.2, 0.25) is 0 Å². The minimum absolute atomic E-state index is 0.0463. The van der Waals surface area contributed by atoms with Crippen LogP contribution in [0.25, 0.3) is 10.8 Å². The first kappa shape index (κ1) is 38.2. The summed E-state index contributed by atoms with van der Waals surface area (Å²) in [5.74, 6) is -1.18. The van der Waals surface area contributed by atoms with Crippen molar-refractivity contribution in [3.63, 3.8) is 0 Å². The third-order valence-electron chi connectivity index (χ3n) is 7.74. The topological polar surface area (TPSA) is 128 Å².